The molecule has 0 bridgehead atoms. The number of hydrogen-bond acceptors (Lipinski definition) is 3. The van der Waals surface area contributed by atoms with Crippen molar-refractivity contribution in [3.05, 3.63) is 81.4 Å². The molecule has 3 aromatic carbocycles. The van der Waals surface area contributed by atoms with Crippen molar-refractivity contribution in [1.29, 1.82) is 0 Å². The van der Waals surface area contributed by atoms with Gasteiger partial charge in [0, 0.05) is 14.8 Å². The molecule has 0 spiro atoms. The van der Waals surface area contributed by atoms with Crippen molar-refractivity contribution < 1.29 is 4.79 Å². The Hall–Kier alpha value is -2.25. The maximum Gasteiger partial charge on any atom is 0.256 e. The number of carbonyl (C=O) groups excluding carboxylic acids is 1. The van der Waals surface area contributed by atoms with E-state index < -0.39 is 0 Å². The number of hydrogen-bond donors (Lipinski definition) is 1. The molecule has 0 radical (unpaired) electrons. The summed E-state index contributed by atoms with van der Waals surface area (Å²) < 4.78 is 2.09. The minimum atomic E-state index is -0.0976. The molecule has 5 heteroatoms. The molecule has 1 amide bonds. The number of amides is 1. The van der Waals surface area contributed by atoms with Crippen LogP contribution < -0.4 is 5.32 Å². The average Bonchev–Trinajstić information content (AvgIpc) is 3.08. The number of aromatic nitrogens is 1. The van der Waals surface area contributed by atoms with Crippen LogP contribution in [0.5, 0.6) is 0 Å². The molecule has 0 aliphatic heterocycles. The van der Waals surface area contributed by atoms with Crippen LogP contribution in [0.3, 0.4) is 0 Å². The molecule has 1 N–H and O–H groups in total. The molecule has 0 saturated carbocycles. The third-order valence-corrected chi connectivity index (χ3v) is 6.17. The van der Waals surface area contributed by atoms with Gasteiger partial charge in [-0.25, -0.2) is 4.98 Å². The number of benzene rings is 3. The van der Waals surface area contributed by atoms with Gasteiger partial charge in [-0.05, 0) is 65.4 Å². The summed E-state index contributed by atoms with van der Waals surface area (Å²) in [5, 5.41) is 4.00. The molecule has 0 saturated heterocycles. The molecule has 0 aliphatic rings. The zero-order valence-corrected chi connectivity index (χ0v) is 17.0. The van der Waals surface area contributed by atoms with Crippen molar-refractivity contribution >= 4 is 55.7 Å². The van der Waals surface area contributed by atoms with Crippen LogP contribution in [0.15, 0.2) is 66.7 Å². The van der Waals surface area contributed by atoms with Crippen LogP contribution in [0.4, 0.5) is 5.69 Å². The fourth-order valence-electron chi connectivity index (χ4n) is 2.72. The summed E-state index contributed by atoms with van der Waals surface area (Å²) in [4.78, 5) is 17.4. The summed E-state index contributed by atoms with van der Waals surface area (Å²) in [7, 11) is 0. The molecule has 4 rings (SSSR count). The maximum atomic E-state index is 12.6. The summed E-state index contributed by atoms with van der Waals surface area (Å²) in [5.41, 5.74) is 4.52. The maximum absolute atomic E-state index is 12.6. The molecule has 4 aromatic rings. The summed E-state index contributed by atoms with van der Waals surface area (Å²) in [5.74, 6) is -0.0976. The zero-order chi connectivity index (χ0) is 18.1. The highest BCUT2D eigenvalue weighted by molar-refractivity contribution is 14.1. The van der Waals surface area contributed by atoms with Crippen molar-refractivity contribution in [2.24, 2.45) is 0 Å². The minimum absolute atomic E-state index is 0.0976. The topological polar surface area (TPSA) is 42.0 Å². The Balaban J connectivity index is 1.68. The minimum Gasteiger partial charge on any atom is -0.322 e. The summed E-state index contributed by atoms with van der Waals surface area (Å²) in [6, 6.07) is 21.8. The van der Waals surface area contributed by atoms with E-state index in [9.17, 15) is 4.79 Å². The van der Waals surface area contributed by atoms with E-state index in [1.165, 1.54) is 0 Å². The number of halogens is 1. The number of para-hydroxylation sites is 1. The Morgan fingerprint density at radius 1 is 1.04 bits per heavy atom. The van der Waals surface area contributed by atoms with Gasteiger partial charge in [-0.15, -0.1) is 11.3 Å². The second kappa shape index (κ2) is 7.17. The van der Waals surface area contributed by atoms with E-state index in [1.54, 1.807) is 11.3 Å². The van der Waals surface area contributed by atoms with E-state index in [0.29, 0.717) is 5.56 Å². The number of nitrogens with zero attached hydrogens (tertiary/aromatic N) is 1. The number of nitrogens with one attached hydrogen (secondary N) is 1. The molecular weight excluding hydrogens is 455 g/mol. The van der Waals surface area contributed by atoms with Crippen molar-refractivity contribution in [2.45, 2.75) is 6.92 Å². The van der Waals surface area contributed by atoms with Crippen LogP contribution in [-0.4, -0.2) is 10.9 Å². The lowest BCUT2D eigenvalue weighted by Crippen LogP contribution is -2.14. The molecule has 0 fully saturated rings. The second-order valence-electron chi connectivity index (χ2n) is 5.95. The van der Waals surface area contributed by atoms with E-state index in [1.807, 2.05) is 61.5 Å². The Bertz CT molecular complexity index is 1090. The van der Waals surface area contributed by atoms with Gasteiger partial charge in [0.1, 0.15) is 5.01 Å². The monoisotopic (exact) mass is 470 g/mol. The highest BCUT2D eigenvalue weighted by Crippen LogP contribution is 2.32. The first-order valence-corrected chi connectivity index (χ1v) is 10.0. The lowest BCUT2D eigenvalue weighted by Gasteiger charge is -2.11. The number of thiazole rings is 1. The number of anilines is 1. The van der Waals surface area contributed by atoms with E-state index >= 15 is 0 Å². The molecule has 26 heavy (non-hydrogen) atoms. The Kier molecular flexibility index (Phi) is 4.74. The van der Waals surface area contributed by atoms with E-state index in [2.05, 4.69) is 40.0 Å². The average molecular weight is 470 g/mol. The Morgan fingerprint density at radius 2 is 1.81 bits per heavy atom. The van der Waals surface area contributed by atoms with Crippen LogP contribution in [-0.2, 0) is 0 Å². The van der Waals surface area contributed by atoms with E-state index in [-0.39, 0.29) is 5.91 Å². The molecule has 0 atom stereocenters. The quantitative estimate of drug-likeness (QED) is 0.366. The van der Waals surface area contributed by atoms with Crippen molar-refractivity contribution in [1.82, 2.24) is 4.98 Å². The van der Waals surface area contributed by atoms with Crippen molar-refractivity contribution in [2.75, 3.05) is 5.32 Å². The zero-order valence-electron chi connectivity index (χ0n) is 14.0. The predicted molar refractivity (Wildman–Crippen MR) is 117 cm³/mol. The Morgan fingerprint density at radius 3 is 2.62 bits per heavy atom. The first-order valence-electron chi connectivity index (χ1n) is 8.14. The third-order valence-electron chi connectivity index (χ3n) is 4.15. The van der Waals surface area contributed by atoms with Crippen LogP contribution in [0.2, 0.25) is 0 Å². The fraction of sp³-hybridized carbons (Fsp3) is 0.0476. The normalized spacial score (nSPS) is 10.8. The fourth-order valence-corrected chi connectivity index (χ4v) is 4.31. The van der Waals surface area contributed by atoms with Gasteiger partial charge < -0.3 is 5.32 Å². The van der Waals surface area contributed by atoms with E-state index in [4.69, 9.17) is 4.98 Å². The van der Waals surface area contributed by atoms with Gasteiger partial charge in [0.15, 0.2) is 0 Å². The van der Waals surface area contributed by atoms with Crippen LogP contribution in [0.1, 0.15) is 15.9 Å². The Labute approximate surface area is 169 Å². The third kappa shape index (κ3) is 3.37. The summed E-state index contributed by atoms with van der Waals surface area (Å²) >= 11 is 3.84. The second-order valence-corrected chi connectivity index (χ2v) is 8.14. The van der Waals surface area contributed by atoms with Gasteiger partial charge in [-0.1, -0.05) is 36.4 Å². The standard InChI is InChI=1S/C21H15IN2OS/c1-13-10-11-14(21-24-17-8-4-5-9-19(17)26-21)12-18(13)23-20(25)15-6-2-3-7-16(15)22/h2-12H,1H3,(H,23,25). The van der Waals surface area contributed by atoms with Gasteiger partial charge >= 0.3 is 0 Å². The van der Waals surface area contributed by atoms with E-state index in [0.717, 1.165) is 35.6 Å². The van der Waals surface area contributed by atoms with Crippen LogP contribution in [0.25, 0.3) is 20.8 Å². The molecule has 1 heterocycles. The van der Waals surface area contributed by atoms with Gasteiger partial charge in [0.05, 0.1) is 15.8 Å². The molecule has 3 nitrogen and oxygen atoms in total. The van der Waals surface area contributed by atoms with Gasteiger partial charge in [-0.3, -0.25) is 4.79 Å². The van der Waals surface area contributed by atoms with Crippen molar-refractivity contribution in [3.8, 4) is 10.6 Å². The largest absolute Gasteiger partial charge is 0.322 e. The lowest BCUT2D eigenvalue weighted by atomic mass is 10.1. The highest BCUT2D eigenvalue weighted by Gasteiger charge is 2.13. The van der Waals surface area contributed by atoms with Gasteiger partial charge in [0.2, 0.25) is 0 Å². The predicted octanol–water partition coefficient (Wildman–Crippen LogP) is 6.13. The first kappa shape index (κ1) is 17.2. The van der Waals surface area contributed by atoms with Crippen molar-refractivity contribution in [3.63, 3.8) is 0 Å². The molecule has 0 aliphatic carbocycles. The number of rotatable bonds is 3. The molecule has 1 aromatic heterocycles. The smallest absolute Gasteiger partial charge is 0.256 e. The first-order chi connectivity index (χ1) is 12.6. The van der Waals surface area contributed by atoms with Gasteiger partial charge in [-0.2, -0.15) is 0 Å². The highest BCUT2D eigenvalue weighted by atomic mass is 127. The number of aryl methyl sites for hydroxylation is 1. The molecule has 128 valence electrons. The number of carbonyl (C=O) groups is 1. The SMILES string of the molecule is Cc1ccc(-c2nc3ccccc3s2)cc1NC(=O)c1ccccc1I. The molecule has 0 unspecified atom stereocenters. The van der Waals surface area contributed by atoms with Crippen LogP contribution in [0, 0.1) is 10.5 Å². The summed E-state index contributed by atoms with van der Waals surface area (Å²) in [6.07, 6.45) is 0. The number of fused-ring (bicyclic) bond motifs is 1. The molecular formula is C21H15IN2OS. The lowest BCUT2D eigenvalue weighted by molar-refractivity contribution is 0.102. The summed E-state index contributed by atoms with van der Waals surface area (Å²) in [6.45, 7) is 1.99. The van der Waals surface area contributed by atoms with Crippen LogP contribution >= 0.6 is 33.9 Å². The van der Waals surface area contributed by atoms with Gasteiger partial charge in [0.25, 0.3) is 5.91 Å².